The van der Waals surface area contributed by atoms with Gasteiger partial charge >= 0.3 is 0 Å². The number of anilines is 1. The second kappa shape index (κ2) is 12.8. The molecule has 51 heavy (non-hydrogen) atoms. The van der Waals surface area contributed by atoms with Gasteiger partial charge in [0.05, 0.1) is 22.6 Å². The second-order valence-electron chi connectivity index (χ2n) is 12.6. The third kappa shape index (κ3) is 5.67. The number of hydrazone groups is 1. The Balaban J connectivity index is 1.10. The molecule has 0 radical (unpaired) electrons. The smallest absolute Gasteiger partial charge is 0.161 e. The first-order valence-electron chi connectivity index (χ1n) is 16.9. The van der Waals surface area contributed by atoms with Gasteiger partial charge < -0.3 is 0 Å². The average Bonchev–Trinajstić information content (AvgIpc) is 3.20. The van der Waals surface area contributed by atoms with Crippen molar-refractivity contribution in [2.75, 3.05) is 5.43 Å². The van der Waals surface area contributed by atoms with Gasteiger partial charge in [0.25, 0.3) is 0 Å². The van der Waals surface area contributed by atoms with E-state index in [-0.39, 0.29) is 0 Å². The SMILES string of the molecule is N=C1/C(=N\Nc2ccccc2)C=Cc2ccc3cc(-c4ccccc4-c4nc(-c5ccc(-c6ccccc6)cc5)c5ccccc5n4)ccc3c21. The first kappa shape index (κ1) is 30.1. The van der Waals surface area contributed by atoms with Gasteiger partial charge in [-0.05, 0) is 68.9 Å². The molecule has 240 valence electrons. The zero-order chi connectivity index (χ0) is 34.1. The van der Waals surface area contributed by atoms with E-state index in [2.05, 4.69) is 120 Å². The van der Waals surface area contributed by atoms with Crippen molar-refractivity contribution in [3.8, 4) is 44.9 Å². The lowest BCUT2D eigenvalue weighted by Gasteiger charge is -2.18. The van der Waals surface area contributed by atoms with Crippen LogP contribution < -0.4 is 5.43 Å². The quantitative estimate of drug-likeness (QED) is 0.175. The number of fused-ring (bicyclic) bond motifs is 4. The van der Waals surface area contributed by atoms with Crippen LogP contribution in [-0.4, -0.2) is 21.4 Å². The monoisotopic (exact) mass is 653 g/mol. The Bertz CT molecular complexity index is 2660. The second-order valence-corrected chi connectivity index (χ2v) is 12.6. The molecule has 1 aromatic heterocycles. The van der Waals surface area contributed by atoms with Gasteiger partial charge in [0, 0.05) is 22.1 Å². The Labute approximate surface area is 295 Å². The molecule has 0 unspecified atom stereocenters. The molecular formula is C46H31N5. The molecular weight excluding hydrogens is 623 g/mol. The van der Waals surface area contributed by atoms with E-state index in [0.29, 0.717) is 17.2 Å². The predicted molar refractivity (Wildman–Crippen MR) is 212 cm³/mol. The number of hydrogen-bond donors (Lipinski definition) is 2. The van der Waals surface area contributed by atoms with Gasteiger partial charge in [0.15, 0.2) is 5.82 Å². The van der Waals surface area contributed by atoms with E-state index in [9.17, 15) is 0 Å². The molecule has 1 aliphatic rings. The summed E-state index contributed by atoms with van der Waals surface area (Å²) < 4.78 is 0. The minimum Gasteiger partial charge on any atom is -0.298 e. The summed E-state index contributed by atoms with van der Waals surface area (Å²) in [5.41, 5.74) is 15.1. The van der Waals surface area contributed by atoms with Crippen LogP contribution in [-0.2, 0) is 0 Å². The number of aromatic nitrogens is 2. The number of para-hydroxylation sites is 2. The molecule has 5 heteroatoms. The van der Waals surface area contributed by atoms with Crippen LogP contribution in [0.1, 0.15) is 11.1 Å². The van der Waals surface area contributed by atoms with Gasteiger partial charge in [-0.2, -0.15) is 5.10 Å². The average molecular weight is 654 g/mol. The molecule has 0 saturated heterocycles. The maximum atomic E-state index is 9.11. The maximum absolute atomic E-state index is 9.11. The van der Waals surface area contributed by atoms with Crippen LogP contribution >= 0.6 is 0 Å². The Morgan fingerprint density at radius 3 is 2.00 bits per heavy atom. The minimum absolute atomic E-state index is 0.392. The van der Waals surface area contributed by atoms with E-state index in [1.54, 1.807) is 0 Å². The summed E-state index contributed by atoms with van der Waals surface area (Å²) >= 11 is 0. The van der Waals surface area contributed by atoms with Gasteiger partial charge in [-0.3, -0.25) is 10.8 Å². The summed E-state index contributed by atoms with van der Waals surface area (Å²) in [5.74, 6) is 0.677. The number of benzene rings is 7. The Morgan fingerprint density at radius 2 is 1.18 bits per heavy atom. The molecule has 1 aliphatic carbocycles. The number of nitrogens with one attached hydrogen (secondary N) is 2. The molecule has 0 spiro atoms. The van der Waals surface area contributed by atoms with E-state index >= 15 is 0 Å². The molecule has 0 amide bonds. The molecule has 0 fully saturated rings. The van der Waals surface area contributed by atoms with E-state index in [1.807, 2.05) is 66.7 Å². The number of allylic oxidation sites excluding steroid dienone is 1. The van der Waals surface area contributed by atoms with Crippen LogP contribution in [0.25, 0.3) is 72.7 Å². The molecule has 0 atom stereocenters. The highest BCUT2D eigenvalue weighted by Gasteiger charge is 2.20. The third-order valence-electron chi connectivity index (χ3n) is 9.41. The van der Waals surface area contributed by atoms with Crippen LogP contribution in [0.15, 0.2) is 175 Å². The summed E-state index contributed by atoms with van der Waals surface area (Å²) in [6.45, 7) is 0. The van der Waals surface area contributed by atoms with Gasteiger partial charge in [0.2, 0.25) is 0 Å². The fourth-order valence-corrected chi connectivity index (χ4v) is 6.84. The van der Waals surface area contributed by atoms with Crippen molar-refractivity contribution >= 4 is 44.9 Å². The van der Waals surface area contributed by atoms with Crippen molar-refractivity contribution < 1.29 is 0 Å². The molecule has 0 aliphatic heterocycles. The molecule has 5 nitrogen and oxygen atoms in total. The van der Waals surface area contributed by atoms with E-state index in [0.717, 1.165) is 66.4 Å². The standard InChI is InChI=1S/C46H31N5/c47-44-42(51-50-36-13-5-2-6-14-36)28-26-32-21-24-35-29-34(25-27-38(35)43(32)44)37-15-7-8-16-39(37)46-48-41-18-10-9-17-40(41)45(49-46)33-22-19-31(20-23-33)30-11-3-1-4-12-30/h1-29,47,50H/b47-44?,51-42-. The molecule has 2 N–H and O–H groups in total. The normalized spacial score (nSPS) is 13.1. The number of rotatable bonds is 6. The van der Waals surface area contributed by atoms with Gasteiger partial charge in [-0.15, -0.1) is 0 Å². The Hall–Kier alpha value is -6.98. The lowest BCUT2D eigenvalue weighted by molar-refractivity contribution is 1.23. The fraction of sp³-hybridized carbons (Fsp3) is 0. The van der Waals surface area contributed by atoms with E-state index in [1.165, 1.54) is 11.1 Å². The van der Waals surface area contributed by atoms with Crippen molar-refractivity contribution in [1.82, 2.24) is 9.97 Å². The predicted octanol–water partition coefficient (Wildman–Crippen LogP) is 11.3. The molecule has 9 rings (SSSR count). The van der Waals surface area contributed by atoms with Gasteiger partial charge in [0.1, 0.15) is 5.71 Å². The van der Waals surface area contributed by atoms with Crippen LogP contribution in [0.3, 0.4) is 0 Å². The summed E-state index contributed by atoms with van der Waals surface area (Å²) in [5, 5.41) is 16.8. The van der Waals surface area contributed by atoms with E-state index < -0.39 is 0 Å². The lowest BCUT2D eigenvalue weighted by atomic mass is 9.88. The summed E-state index contributed by atoms with van der Waals surface area (Å²) in [7, 11) is 0. The zero-order valence-electron chi connectivity index (χ0n) is 27.6. The third-order valence-corrected chi connectivity index (χ3v) is 9.41. The largest absolute Gasteiger partial charge is 0.298 e. The first-order valence-corrected chi connectivity index (χ1v) is 16.9. The van der Waals surface area contributed by atoms with Crippen LogP contribution in [0.2, 0.25) is 0 Å². The molecule has 7 aromatic carbocycles. The highest BCUT2D eigenvalue weighted by Crippen LogP contribution is 2.37. The van der Waals surface area contributed by atoms with Gasteiger partial charge in [-0.25, -0.2) is 9.97 Å². The maximum Gasteiger partial charge on any atom is 0.161 e. The highest BCUT2D eigenvalue weighted by atomic mass is 15.3. The van der Waals surface area contributed by atoms with Crippen molar-refractivity contribution in [2.45, 2.75) is 0 Å². The van der Waals surface area contributed by atoms with Crippen molar-refractivity contribution in [3.63, 3.8) is 0 Å². The summed E-state index contributed by atoms with van der Waals surface area (Å²) in [6.07, 6.45) is 3.93. The number of hydrogen-bond acceptors (Lipinski definition) is 5. The van der Waals surface area contributed by atoms with Gasteiger partial charge in [-0.1, -0.05) is 146 Å². The lowest BCUT2D eigenvalue weighted by Crippen LogP contribution is -2.18. The highest BCUT2D eigenvalue weighted by molar-refractivity contribution is 6.55. The molecule has 1 heterocycles. The van der Waals surface area contributed by atoms with E-state index in [4.69, 9.17) is 15.4 Å². The topological polar surface area (TPSA) is 74.0 Å². The Morgan fingerprint density at radius 1 is 0.510 bits per heavy atom. The van der Waals surface area contributed by atoms with Crippen LogP contribution in [0.5, 0.6) is 0 Å². The van der Waals surface area contributed by atoms with Crippen molar-refractivity contribution in [2.24, 2.45) is 5.10 Å². The van der Waals surface area contributed by atoms with Crippen LogP contribution in [0.4, 0.5) is 5.69 Å². The minimum atomic E-state index is 0.392. The molecule has 0 saturated carbocycles. The summed E-state index contributed by atoms with van der Waals surface area (Å²) in [4.78, 5) is 10.3. The summed E-state index contributed by atoms with van der Waals surface area (Å²) in [6, 6.07) is 56.0. The number of nitrogens with zero attached hydrogens (tertiary/aromatic N) is 3. The van der Waals surface area contributed by atoms with Crippen LogP contribution in [0, 0.1) is 5.41 Å². The zero-order valence-corrected chi connectivity index (χ0v) is 27.6. The Kier molecular flexibility index (Phi) is 7.56. The van der Waals surface area contributed by atoms with Crippen molar-refractivity contribution in [3.05, 3.63) is 181 Å². The fourth-order valence-electron chi connectivity index (χ4n) is 6.84. The first-order chi connectivity index (χ1) is 25.2. The molecule has 0 bridgehead atoms. The van der Waals surface area contributed by atoms with Crippen molar-refractivity contribution in [1.29, 1.82) is 5.41 Å². The molecule has 8 aromatic rings.